The number of benzene rings is 2. The quantitative estimate of drug-likeness (QED) is 0.313. The van der Waals surface area contributed by atoms with Crippen LogP contribution in [0.3, 0.4) is 0 Å². The zero-order chi connectivity index (χ0) is 23.8. The molecule has 1 aliphatic rings. The Labute approximate surface area is 203 Å². The number of aromatic amines is 1. The molecule has 0 saturated carbocycles. The fourth-order valence-electron chi connectivity index (χ4n) is 4.40. The monoisotopic (exact) mass is 488 g/mol. The van der Waals surface area contributed by atoms with Crippen molar-refractivity contribution < 1.29 is 13.9 Å². The lowest BCUT2D eigenvalue weighted by Crippen LogP contribution is -2.31. The summed E-state index contributed by atoms with van der Waals surface area (Å²) in [6.07, 6.45) is 4.81. The van der Waals surface area contributed by atoms with Gasteiger partial charge >= 0.3 is 6.09 Å². The van der Waals surface area contributed by atoms with E-state index < -0.39 is 6.09 Å². The predicted molar refractivity (Wildman–Crippen MR) is 132 cm³/mol. The molecule has 0 aliphatic heterocycles. The maximum atomic E-state index is 13.0. The molecule has 5 aromatic rings. The first-order chi connectivity index (χ1) is 17.1. The molecule has 3 aromatic heterocycles. The highest BCUT2D eigenvalue weighted by atomic mass is 32.1. The number of aryl methyl sites for hydroxylation is 1. The van der Waals surface area contributed by atoms with Crippen LogP contribution in [-0.4, -0.2) is 32.4 Å². The number of halogens is 1. The van der Waals surface area contributed by atoms with Crippen molar-refractivity contribution >= 4 is 50.1 Å². The number of anilines is 2. The Hall–Kier alpha value is -4.05. The van der Waals surface area contributed by atoms with Crippen molar-refractivity contribution in [2.24, 2.45) is 0 Å². The van der Waals surface area contributed by atoms with Crippen LogP contribution in [0.15, 0.2) is 55.0 Å². The summed E-state index contributed by atoms with van der Waals surface area (Å²) in [5.41, 5.74) is 3.92. The minimum Gasteiger partial charge on any atom is -0.446 e. The highest BCUT2D eigenvalue weighted by Crippen LogP contribution is 2.39. The number of rotatable bonds is 5. The lowest BCUT2D eigenvalue weighted by atomic mass is 9.94. The first-order valence-corrected chi connectivity index (χ1v) is 12.1. The summed E-state index contributed by atoms with van der Waals surface area (Å²) in [6.45, 7) is 0.287. The summed E-state index contributed by atoms with van der Waals surface area (Å²) in [5.74, 6) is 0.464. The van der Waals surface area contributed by atoms with Gasteiger partial charge in [0.25, 0.3) is 0 Å². The molecule has 10 heteroatoms. The van der Waals surface area contributed by atoms with E-state index in [1.165, 1.54) is 17.7 Å². The van der Waals surface area contributed by atoms with Crippen LogP contribution < -0.4 is 10.6 Å². The minimum absolute atomic E-state index is 0.211. The molecule has 1 unspecified atom stereocenters. The fourth-order valence-corrected chi connectivity index (χ4v) is 5.65. The second-order valence-corrected chi connectivity index (χ2v) is 9.54. The van der Waals surface area contributed by atoms with Gasteiger partial charge in [0.2, 0.25) is 0 Å². The molecule has 3 N–H and O–H groups in total. The topological polar surface area (TPSA) is 105 Å². The summed E-state index contributed by atoms with van der Waals surface area (Å²) in [5, 5.41) is 15.3. The molecule has 2 aromatic carbocycles. The number of alkyl carbamates (subject to hydrolysis) is 1. The van der Waals surface area contributed by atoms with E-state index in [4.69, 9.17) is 4.74 Å². The highest BCUT2D eigenvalue weighted by Gasteiger charge is 2.27. The molecule has 3 heterocycles. The van der Waals surface area contributed by atoms with E-state index in [1.54, 1.807) is 36.0 Å². The van der Waals surface area contributed by atoms with Gasteiger partial charge in [0.1, 0.15) is 28.9 Å². The summed E-state index contributed by atoms with van der Waals surface area (Å²) < 4.78 is 18.7. The molecule has 0 radical (unpaired) electrons. The van der Waals surface area contributed by atoms with Crippen molar-refractivity contribution in [1.82, 2.24) is 25.5 Å². The standard InChI is InChI=1S/C25H21FN6O2S/c26-16-3-1-14(2-4-16)11-27-25(33)34-18-6-7-19-21(10-18)35-24-22(19)23(28-13-29-24)31-17-5-8-20-15(9-17)12-30-32-20/h1-5,8-9,12-13,18H,6-7,10-11H2,(H,27,33)(H,30,32)(H,28,29,31). The number of ether oxygens (including phenoxy) is 1. The number of carbonyl (C=O) groups excluding carboxylic acids is 1. The second-order valence-electron chi connectivity index (χ2n) is 8.45. The highest BCUT2D eigenvalue weighted by molar-refractivity contribution is 7.19. The molecule has 8 nitrogen and oxygen atoms in total. The molecule has 35 heavy (non-hydrogen) atoms. The summed E-state index contributed by atoms with van der Waals surface area (Å²) >= 11 is 1.62. The summed E-state index contributed by atoms with van der Waals surface area (Å²) in [6, 6.07) is 12.0. The van der Waals surface area contributed by atoms with Crippen LogP contribution in [0.1, 0.15) is 22.4 Å². The first kappa shape index (κ1) is 21.5. The van der Waals surface area contributed by atoms with Crippen molar-refractivity contribution in [3.8, 4) is 0 Å². The predicted octanol–water partition coefficient (Wildman–Crippen LogP) is 5.23. The Morgan fingerprint density at radius 1 is 1.20 bits per heavy atom. The summed E-state index contributed by atoms with van der Waals surface area (Å²) in [4.78, 5) is 23.4. The van der Waals surface area contributed by atoms with Gasteiger partial charge in [0.15, 0.2) is 0 Å². The smallest absolute Gasteiger partial charge is 0.407 e. The van der Waals surface area contributed by atoms with E-state index in [2.05, 4.69) is 30.8 Å². The van der Waals surface area contributed by atoms with Crippen molar-refractivity contribution in [3.05, 3.63) is 76.8 Å². The van der Waals surface area contributed by atoms with E-state index in [0.29, 0.717) is 6.42 Å². The van der Waals surface area contributed by atoms with E-state index in [9.17, 15) is 9.18 Å². The third kappa shape index (κ3) is 4.40. The number of hydrogen-bond acceptors (Lipinski definition) is 7. The van der Waals surface area contributed by atoms with E-state index >= 15 is 0 Å². The van der Waals surface area contributed by atoms with Crippen LogP contribution in [-0.2, 0) is 24.1 Å². The molecular formula is C25H21FN6O2S. The van der Waals surface area contributed by atoms with Gasteiger partial charge in [-0.25, -0.2) is 19.2 Å². The van der Waals surface area contributed by atoms with Crippen LogP contribution in [0.5, 0.6) is 0 Å². The van der Waals surface area contributed by atoms with Gasteiger partial charge < -0.3 is 15.4 Å². The molecule has 0 spiro atoms. The van der Waals surface area contributed by atoms with E-state index in [1.807, 2.05) is 18.2 Å². The van der Waals surface area contributed by atoms with Crippen LogP contribution in [0.4, 0.5) is 20.7 Å². The molecule has 1 aliphatic carbocycles. The molecular weight excluding hydrogens is 467 g/mol. The Morgan fingerprint density at radius 3 is 2.97 bits per heavy atom. The van der Waals surface area contributed by atoms with Crippen LogP contribution >= 0.6 is 11.3 Å². The molecule has 0 saturated heterocycles. The maximum Gasteiger partial charge on any atom is 0.407 e. The van der Waals surface area contributed by atoms with Gasteiger partial charge in [-0.2, -0.15) is 5.10 Å². The minimum atomic E-state index is -0.472. The average molecular weight is 489 g/mol. The first-order valence-electron chi connectivity index (χ1n) is 11.3. The van der Waals surface area contributed by atoms with Gasteiger partial charge in [-0.15, -0.1) is 11.3 Å². The van der Waals surface area contributed by atoms with Crippen LogP contribution in [0, 0.1) is 5.82 Å². The number of amides is 1. The van der Waals surface area contributed by atoms with Crippen molar-refractivity contribution in [2.75, 3.05) is 5.32 Å². The third-order valence-electron chi connectivity index (χ3n) is 6.13. The number of carbonyl (C=O) groups is 1. The SMILES string of the molecule is O=C(NCc1ccc(F)cc1)OC1CCc2c(sc3ncnc(Nc4ccc5[nH]ncc5c4)c23)C1. The van der Waals surface area contributed by atoms with Gasteiger partial charge in [0, 0.05) is 28.9 Å². The van der Waals surface area contributed by atoms with Gasteiger partial charge in [-0.3, -0.25) is 5.10 Å². The number of thiophene rings is 1. The van der Waals surface area contributed by atoms with E-state index in [0.717, 1.165) is 55.9 Å². The van der Waals surface area contributed by atoms with Crippen LogP contribution in [0.25, 0.3) is 21.1 Å². The maximum absolute atomic E-state index is 13.0. The number of hydrogen-bond donors (Lipinski definition) is 3. The number of nitrogens with one attached hydrogen (secondary N) is 3. The van der Waals surface area contributed by atoms with Crippen molar-refractivity contribution in [1.29, 1.82) is 0 Å². The Morgan fingerprint density at radius 2 is 2.09 bits per heavy atom. The normalized spacial score (nSPS) is 15.2. The number of H-pyrrole nitrogens is 1. The fraction of sp³-hybridized carbons (Fsp3) is 0.200. The van der Waals surface area contributed by atoms with Crippen molar-refractivity contribution in [3.63, 3.8) is 0 Å². The number of nitrogens with zero attached hydrogens (tertiary/aromatic N) is 3. The number of fused-ring (bicyclic) bond motifs is 4. The number of aromatic nitrogens is 4. The van der Waals surface area contributed by atoms with Gasteiger partial charge in [0.05, 0.1) is 17.1 Å². The Bertz CT molecular complexity index is 1530. The Balaban J connectivity index is 1.16. The third-order valence-corrected chi connectivity index (χ3v) is 7.29. The average Bonchev–Trinajstić information content (AvgIpc) is 3.48. The molecule has 176 valence electrons. The zero-order valence-corrected chi connectivity index (χ0v) is 19.4. The van der Waals surface area contributed by atoms with Gasteiger partial charge in [-0.05, 0) is 54.3 Å². The van der Waals surface area contributed by atoms with Crippen molar-refractivity contribution in [2.45, 2.75) is 31.9 Å². The molecule has 1 atom stereocenters. The molecule has 1 amide bonds. The Kier molecular flexibility index (Phi) is 5.49. The van der Waals surface area contributed by atoms with Crippen LogP contribution in [0.2, 0.25) is 0 Å². The lowest BCUT2D eigenvalue weighted by Gasteiger charge is -2.23. The van der Waals surface area contributed by atoms with E-state index in [-0.39, 0.29) is 18.5 Å². The van der Waals surface area contributed by atoms with Gasteiger partial charge in [-0.1, -0.05) is 12.1 Å². The second kappa shape index (κ2) is 8.95. The zero-order valence-electron chi connectivity index (χ0n) is 18.5. The largest absolute Gasteiger partial charge is 0.446 e. The molecule has 0 bridgehead atoms. The lowest BCUT2D eigenvalue weighted by molar-refractivity contribution is 0.0899. The molecule has 0 fully saturated rings. The molecule has 6 rings (SSSR count). The summed E-state index contributed by atoms with van der Waals surface area (Å²) in [7, 11) is 0.